The number of amides is 1. The zero-order valence-corrected chi connectivity index (χ0v) is 22.2. The number of aromatic nitrogens is 3. The van der Waals surface area contributed by atoms with E-state index in [-0.39, 0.29) is 23.9 Å². The molecule has 0 aliphatic carbocycles. The van der Waals surface area contributed by atoms with Crippen LogP contribution in [0.1, 0.15) is 55.1 Å². The topological polar surface area (TPSA) is 75.1 Å². The maximum Gasteiger partial charge on any atom is 0.254 e. The first-order chi connectivity index (χ1) is 16.2. The zero-order valence-electron chi connectivity index (χ0n) is 21.3. The normalized spacial score (nSPS) is 16.0. The average Bonchev–Trinajstić information content (AvgIpc) is 3.28. The quantitative estimate of drug-likeness (QED) is 0.527. The highest BCUT2D eigenvalue weighted by molar-refractivity contribution is 5.94. The van der Waals surface area contributed by atoms with Gasteiger partial charge in [-0.15, -0.1) is 12.4 Å². The summed E-state index contributed by atoms with van der Waals surface area (Å²) in [4.78, 5) is 19.3. The molecule has 1 saturated heterocycles. The lowest BCUT2D eigenvalue weighted by Crippen LogP contribution is -2.44. The fourth-order valence-electron chi connectivity index (χ4n) is 4.51. The second-order valence-electron chi connectivity index (χ2n) is 10.2. The highest BCUT2D eigenvalue weighted by Gasteiger charge is 2.21. The number of benzene rings is 1. The number of likely N-dealkylation sites (N-methyl/N-ethyl adjacent to an activating group) is 1. The molecule has 0 spiro atoms. The highest BCUT2D eigenvalue weighted by Crippen LogP contribution is 2.33. The van der Waals surface area contributed by atoms with Gasteiger partial charge in [0, 0.05) is 42.6 Å². The second-order valence-corrected chi connectivity index (χ2v) is 10.2. The Hall–Kier alpha value is -2.90. The van der Waals surface area contributed by atoms with E-state index in [9.17, 15) is 4.79 Å². The van der Waals surface area contributed by atoms with E-state index >= 15 is 0 Å². The van der Waals surface area contributed by atoms with Gasteiger partial charge < -0.3 is 15.5 Å². The summed E-state index contributed by atoms with van der Waals surface area (Å²) in [5, 5.41) is 10.8. The van der Waals surface area contributed by atoms with Crippen LogP contribution < -0.4 is 15.5 Å². The number of rotatable bonds is 6. The molecule has 4 rings (SSSR count). The summed E-state index contributed by atoms with van der Waals surface area (Å²) in [7, 11) is 2.04. The minimum atomic E-state index is -0.278. The smallest absolute Gasteiger partial charge is 0.254 e. The standard InChI is InChI=1S/C27H36N6O.ClH/c1-19-13-20(24-10-11-29-15-25(24)32-12-6-7-23(18-32)28-5)8-9-21(19)16-33-17-22(14-30-33)26(34)31-27(2,3)4;/h8-11,13-15,17,23,28H,6-7,12,16,18H2,1-5H3,(H,31,34);1H. The van der Waals surface area contributed by atoms with Gasteiger partial charge in [0.15, 0.2) is 0 Å². The number of carbonyl (C=O) groups is 1. The van der Waals surface area contributed by atoms with Gasteiger partial charge in [-0.05, 0) is 70.3 Å². The first-order valence-corrected chi connectivity index (χ1v) is 12.0. The van der Waals surface area contributed by atoms with Crippen molar-refractivity contribution in [3.8, 4) is 11.1 Å². The van der Waals surface area contributed by atoms with Gasteiger partial charge in [0.05, 0.1) is 30.2 Å². The molecule has 3 aromatic rings. The van der Waals surface area contributed by atoms with E-state index in [1.165, 1.54) is 40.8 Å². The molecular formula is C27H37ClN6O. The summed E-state index contributed by atoms with van der Waals surface area (Å²) in [6, 6.07) is 9.20. The number of hydrogen-bond acceptors (Lipinski definition) is 5. The fraction of sp³-hybridized carbons (Fsp3) is 0.444. The first kappa shape index (κ1) is 26.7. The lowest BCUT2D eigenvalue weighted by atomic mass is 9.97. The molecular weight excluding hydrogens is 460 g/mol. The predicted molar refractivity (Wildman–Crippen MR) is 145 cm³/mol. The minimum absolute atomic E-state index is 0. The lowest BCUT2D eigenvalue weighted by Gasteiger charge is -2.35. The van der Waals surface area contributed by atoms with Crippen LogP contribution in [0, 0.1) is 6.92 Å². The number of halogens is 1. The first-order valence-electron chi connectivity index (χ1n) is 12.0. The molecule has 1 aliphatic heterocycles. The predicted octanol–water partition coefficient (Wildman–Crippen LogP) is 4.44. The van der Waals surface area contributed by atoms with Gasteiger partial charge in [-0.25, -0.2) is 0 Å². The summed E-state index contributed by atoms with van der Waals surface area (Å²) < 4.78 is 1.82. The Morgan fingerprint density at radius 2 is 2.00 bits per heavy atom. The highest BCUT2D eigenvalue weighted by atomic mass is 35.5. The number of aryl methyl sites for hydroxylation is 1. The molecule has 35 heavy (non-hydrogen) atoms. The Labute approximate surface area is 214 Å². The van der Waals surface area contributed by atoms with Crippen LogP contribution in [0.3, 0.4) is 0 Å². The Morgan fingerprint density at radius 1 is 1.20 bits per heavy atom. The molecule has 1 atom stereocenters. The molecule has 2 aromatic heterocycles. The molecule has 0 saturated carbocycles. The van der Waals surface area contributed by atoms with Gasteiger partial charge in [0.2, 0.25) is 0 Å². The second kappa shape index (κ2) is 11.2. The molecule has 1 aromatic carbocycles. The number of nitrogens with zero attached hydrogens (tertiary/aromatic N) is 4. The fourth-order valence-corrected chi connectivity index (χ4v) is 4.51. The molecule has 8 heteroatoms. The minimum Gasteiger partial charge on any atom is -0.368 e. The van der Waals surface area contributed by atoms with Crippen LogP contribution >= 0.6 is 12.4 Å². The van der Waals surface area contributed by atoms with Gasteiger partial charge in [-0.3, -0.25) is 14.5 Å². The maximum absolute atomic E-state index is 12.4. The van der Waals surface area contributed by atoms with Crippen molar-refractivity contribution in [2.75, 3.05) is 25.0 Å². The van der Waals surface area contributed by atoms with Gasteiger partial charge in [-0.1, -0.05) is 18.2 Å². The Balaban J connectivity index is 0.00000342. The summed E-state index contributed by atoms with van der Waals surface area (Å²) in [5.74, 6) is -0.103. The average molecular weight is 497 g/mol. The SMILES string of the molecule is CNC1CCCN(c2cnccc2-c2ccc(Cn3cc(C(=O)NC(C)(C)C)cn3)c(C)c2)C1.Cl. The molecule has 1 aliphatic rings. The molecule has 7 nitrogen and oxygen atoms in total. The molecule has 3 heterocycles. The van der Waals surface area contributed by atoms with Crippen LogP contribution in [0.15, 0.2) is 49.1 Å². The third-order valence-electron chi connectivity index (χ3n) is 6.34. The van der Waals surface area contributed by atoms with Crippen molar-refractivity contribution in [2.45, 2.75) is 58.7 Å². The lowest BCUT2D eigenvalue weighted by molar-refractivity contribution is 0.0919. The van der Waals surface area contributed by atoms with Crippen molar-refractivity contribution in [3.05, 3.63) is 65.7 Å². The zero-order chi connectivity index (χ0) is 24.3. The molecule has 0 radical (unpaired) electrons. The van der Waals surface area contributed by atoms with E-state index < -0.39 is 0 Å². The summed E-state index contributed by atoms with van der Waals surface area (Å²) in [6.07, 6.45) is 9.69. The van der Waals surface area contributed by atoms with E-state index in [0.717, 1.165) is 13.1 Å². The van der Waals surface area contributed by atoms with Crippen LogP contribution in [0.4, 0.5) is 5.69 Å². The summed E-state index contributed by atoms with van der Waals surface area (Å²) >= 11 is 0. The van der Waals surface area contributed by atoms with Crippen molar-refractivity contribution >= 4 is 24.0 Å². The monoisotopic (exact) mass is 496 g/mol. The van der Waals surface area contributed by atoms with Gasteiger partial charge in [0.1, 0.15) is 0 Å². The summed E-state index contributed by atoms with van der Waals surface area (Å²) in [5.41, 5.74) is 6.27. The van der Waals surface area contributed by atoms with E-state index in [0.29, 0.717) is 18.2 Å². The molecule has 188 valence electrons. The Kier molecular flexibility index (Phi) is 8.56. The molecule has 0 bridgehead atoms. The van der Waals surface area contributed by atoms with Crippen LogP contribution in [-0.4, -0.2) is 52.4 Å². The van der Waals surface area contributed by atoms with Crippen LogP contribution in [0.25, 0.3) is 11.1 Å². The van der Waals surface area contributed by atoms with Crippen LogP contribution in [0.2, 0.25) is 0 Å². The van der Waals surface area contributed by atoms with Gasteiger partial charge >= 0.3 is 0 Å². The van der Waals surface area contributed by atoms with E-state index in [4.69, 9.17) is 0 Å². The molecule has 1 unspecified atom stereocenters. The van der Waals surface area contributed by atoms with Crippen molar-refractivity contribution in [2.24, 2.45) is 0 Å². The van der Waals surface area contributed by atoms with E-state index in [2.05, 4.69) is 56.8 Å². The number of piperidine rings is 1. The van der Waals surface area contributed by atoms with E-state index in [1.54, 1.807) is 6.20 Å². The maximum atomic E-state index is 12.4. The number of pyridine rings is 1. The van der Waals surface area contributed by atoms with Crippen LogP contribution in [-0.2, 0) is 6.54 Å². The van der Waals surface area contributed by atoms with E-state index in [1.807, 2.05) is 51.1 Å². The molecule has 2 N–H and O–H groups in total. The van der Waals surface area contributed by atoms with Crippen molar-refractivity contribution in [1.29, 1.82) is 0 Å². The molecule has 1 fully saturated rings. The third kappa shape index (κ3) is 6.61. The third-order valence-corrected chi connectivity index (χ3v) is 6.34. The number of carbonyl (C=O) groups excluding carboxylic acids is 1. The molecule has 1 amide bonds. The largest absolute Gasteiger partial charge is 0.368 e. The van der Waals surface area contributed by atoms with Crippen molar-refractivity contribution < 1.29 is 4.79 Å². The number of nitrogens with one attached hydrogen (secondary N) is 2. The number of hydrogen-bond donors (Lipinski definition) is 2. The Bertz CT molecular complexity index is 1150. The number of anilines is 1. The summed E-state index contributed by atoms with van der Waals surface area (Å²) in [6.45, 7) is 10.7. The van der Waals surface area contributed by atoms with Crippen LogP contribution in [0.5, 0.6) is 0 Å². The van der Waals surface area contributed by atoms with Gasteiger partial charge in [0.25, 0.3) is 5.91 Å². The van der Waals surface area contributed by atoms with Crippen molar-refractivity contribution in [1.82, 2.24) is 25.4 Å². The van der Waals surface area contributed by atoms with Gasteiger partial charge in [-0.2, -0.15) is 5.10 Å². The Morgan fingerprint density at radius 3 is 2.71 bits per heavy atom. The van der Waals surface area contributed by atoms with Crippen molar-refractivity contribution in [3.63, 3.8) is 0 Å².